The highest BCUT2D eigenvalue weighted by molar-refractivity contribution is 14.0. The summed E-state index contributed by atoms with van der Waals surface area (Å²) < 4.78 is 7.77. The molecule has 1 heterocycles. The van der Waals surface area contributed by atoms with Crippen molar-refractivity contribution in [1.29, 1.82) is 0 Å². The number of aryl methyl sites for hydroxylation is 3. The normalized spacial score (nSPS) is 12.2. The number of hydrogen-bond acceptors (Lipinski definition) is 3. The van der Waals surface area contributed by atoms with Crippen LogP contribution in [0.4, 0.5) is 0 Å². The van der Waals surface area contributed by atoms with Crippen LogP contribution in [-0.4, -0.2) is 41.5 Å². The molecule has 0 aliphatic carbocycles. The van der Waals surface area contributed by atoms with E-state index < -0.39 is 0 Å². The molecule has 0 aliphatic rings. The highest BCUT2D eigenvalue weighted by Crippen LogP contribution is 2.14. The van der Waals surface area contributed by atoms with Crippen LogP contribution in [0.15, 0.2) is 41.7 Å². The van der Waals surface area contributed by atoms with Crippen molar-refractivity contribution in [2.45, 2.75) is 39.7 Å². The molecule has 0 spiro atoms. The summed E-state index contributed by atoms with van der Waals surface area (Å²) in [7, 11) is 1.94. The number of rotatable bonds is 9. The van der Waals surface area contributed by atoms with Gasteiger partial charge in [0, 0.05) is 26.3 Å². The van der Waals surface area contributed by atoms with Crippen LogP contribution in [0.5, 0.6) is 5.75 Å². The van der Waals surface area contributed by atoms with Gasteiger partial charge < -0.3 is 15.4 Å². The van der Waals surface area contributed by atoms with Crippen molar-refractivity contribution in [3.63, 3.8) is 0 Å². The number of aliphatic imine (C=N–C) groups is 1. The molecule has 0 saturated carbocycles. The molecule has 0 amide bonds. The van der Waals surface area contributed by atoms with Gasteiger partial charge in [-0.15, -0.1) is 24.0 Å². The third-order valence-corrected chi connectivity index (χ3v) is 3.87. The SMILES string of the molecule is CCNC(=NCC(C)Oc1cccc(C)c1)NCCCc1cnn(C)c1.I. The second-order valence-electron chi connectivity index (χ2n) is 6.52. The van der Waals surface area contributed by atoms with Gasteiger partial charge in [0.25, 0.3) is 0 Å². The molecular weight excluding hydrogens is 453 g/mol. The Labute approximate surface area is 179 Å². The summed E-state index contributed by atoms with van der Waals surface area (Å²) >= 11 is 0. The average molecular weight is 485 g/mol. The molecule has 2 N–H and O–H groups in total. The quantitative estimate of drug-likeness (QED) is 0.248. The first kappa shape index (κ1) is 23.3. The number of nitrogens with zero attached hydrogens (tertiary/aromatic N) is 3. The van der Waals surface area contributed by atoms with E-state index >= 15 is 0 Å². The van der Waals surface area contributed by atoms with E-state index in [1.165, 1.54) is 11.1 Å². The van der Waals surface area contributed by atoms with Crippen LogP contribution in [0, 0.1) is 6.92 Å². The van der Waals surface area contributed by atoms with Crippen LogP contribution in [-0.2, 0) is 13.5 Å². The largest absolute Gasteiger partial charge is 0.489 e. The predicted octanol–water partition coefficient (Wildman–Crippen LogP) is 3.30. The number of ether oxygens (including phenoxy) is 1. The summed E-state index contributed by atoms with van der Waals surface area (Å²) in [4.78, 5) is 4.63. The minimum Gasteiger partial charge on any atom is -0.489 e. The fourth-order valence-corrected chi connectivity index (χ4v) is 2.62. The van der Waals surface area contributed by atoms with Gasteiger partial charge in [-0.3, -0.25) is 4.68 Å². The maximum Gasteiger partial charge on any atom is 0.191 e. The minimum atomic E-state index is 0. The summed E-state index contributed by atoms with van der Waals surface area (Å²) in [6.07, 6.45) is 6.04. The maximum atomic E-state index is 5.94. The Bertz CT molecular complexity index is 701. The monoisotopic (exact) mass is 485 g/mol. The molecule has 2 aromatic rings. The van der Waals surface area contributed by atoms with Crippen LogP contribution in [0.25, 0.3) is 0 Å². The lowest BCUT2D eigenvalue weighted by Crippen LogP contribution is -2.38. The summed E-state index contributed by atoms with van der Waals surface area (Å²) in [5.41, 5.74) is 2.46. The maximum absolute atomic E-state index is 5.94. The second-order valence-corrected chi connectivity index (χ2v) is 6.52. The van der Waals surface area contributed by atoms with Gasteiger partial charge in [0.1, 0.15) is 11.9 Å². The van der Waals surface area contributed by atoms with Crippen LogP contribution in [0.2, 0.25) is 0 Å². The Morgan fingerprint density at radius 3 is 2.81 bits per heavy atom. The van der Waals surface area contributed by atoms with E-state index in [0.717, 1.165) is 37.6 Å². The van der Waals surface area contributed by atoms with E-state index in [1.807, 2.05) is 43.0 Å². The molecule has 1 atom stereocenters. The lowest BCUT2D eigenvalue weighted by molar-refractivity contribution is 0.230. The summed E-state index contributed by atoms with van der Waals surface area (Å²) in [6, 6.07) is 8.10. The summed E-state index contributed by atoms with van der Waals surface area (Å²) in [5, 5.41) is 10.9. The molecule has 7 heteroatoms. The first-order valence-corrected chi connectivity index (χ1v) is 9.30. The molecule has 0 aliphatic heterocycles. The molecule has 27 heavy (non-hydrogen) atoms. The van der Waals surface area contributed by atoms with Crippen molar-refractivity contribution in [2.24, 2.45) is 12.0 Å². The molecule has 2 rings (SSSR count). The number of aromatic nitrogens is 2. The lowest BCUT2D eigenvalue weighted by atomic mass is 10.2. The van der Waals surface area contributed by atoms with Gasteiger partial charge in [-0.25, -0.2) is 4.99 Å². The number of guanidine groups is 1. The van der Waals surface area contributed by atoms with Gasteiger partial charge in [0.15, 0.2) is 5.96 Å². The number of halogens is 1. The molecule has 0 radical (unpaired) electrons. The molecule has 0 fully saturated rings. The lowest BCUT2D eigenvalue weighted by Gasteiger charge is -2.15. The third-order valence-electron chi connectivity index (χ3n) is 3.87. The molecule has 0 bridgehead atoms. The average Bonchev–Trinajstić information content (AvgIpc) is 3.01. The van der Waals surface area contributed by atoms with E-state index in [1.54, 1.807) is 0 Å². The second kappa shape index (κ2) is 12.6. The minimum absolute atomic E-state index is 0. The van der Waals surface area contributed by atoms with Gasteiger partial charge in [0.05, 0.1) is 12.7 Å². The van der Waals surface area contributed by atoms with Gasteiger partial charge in [-0.05, 0) is 56.9 Å². The van der Waals surface area contributed by atoms with E-state index in [2.05, 4.69) is 46.8 Å². The highest BCUT2D eigenvalue weighted by atomic mass is 127. The molecule has 1 unspecified atom stereocenters. The van der Waals surface area contributed by atoms with E-state index in [0.29, 0.717) is 6.54 Å². The molecule has 1 aromatic heterocycles. The Hall–Kier alpha value is -1.77. The van der Waals surface area contributed by atoms with Crippen LogP contribution >= 0.6 is 24.0 Å². The Morgan fingerprint density at radius 1 is 1.33 bits per heavy atom. The van der Waals surface area contributed by atoms with E-state index in [4.69, 9.17) is 4.74 Å². The topological polar surface area (TPSA) is 63.5 Å². The van der Waals surface area contributed by atoms with Crippen molar-refractivity contribution in [3.05, 3.63) is 47.8 Å². The molecule has 0 saturated heterocycles. The number of benzene rings is 1. The van der Waals surface area contributed by atoms with Crippen LogP contribution < -0.4 is 15.4 Å². The zero-order valence-electron chi connectivity index (χ0n) is 16.7. The first-order valence-electron chi connectivity index (χ1n) is 9.30. The van der Waals surface area contributed by atoms with Crippen molar-refractivity contribution < 1.29 is 4.74 Å². The van der Waals surface area contributed by atoms with E-state index in [9.17, 15) is 0 Å². The van der Waals surface area contributed by atoms with Crippen LogP contribution in [0.3, 0.4) is 0 Å². The zero-order chi connectivity index (χ0) is 18.8. The summed E-state index contributed by atoms with van der Waals surface area (Å²) in [5.74, 6) is 1.72. The standard InChI is InChI=1S/C20H31N5O.HI/c1-5-21-20(22-11-7-9-18-14-24-25(4)15-18)23-13-17(3)26-19-10-6-8-16(2)12-19;/h6,8,10,12,14-15,17H,5,7,9,11,13H2,1-4H3,(H2,21,22,23);1H. The molecule has 6 nitrogen and oxygen atoms in total. The van der Waals surface area contributed by atoms with Gasteiger partial charge in [-0.2, -0.15) is 5.10 Å². The number of hydrogen-bond donors (Lipinski definition) is 2. The smallest absolute Gasteiger partial charge is 0.191 e. The van der Waals surface area contributed by atoms with Gasteiger partial charge in [-0.1, -0.05) is 12.1 Å². The first-order chi connectivity index (χ1) is 12.6. The fourth-order valence-electron chi connectivity index (χ4n) is 2.62. The fraction of sp³-hybridized carbons (Fsp3) is 0.500. The Kier molecular flexibility index (Phi) is 10.8. The van der Waals surface area contributed by atoms with Gasteiger partial charge >= 0.3 is 0 Å². The number of nitrogens with one attached hydrogen (secondary N) is 2. The zero-order valence-corrected chi connectivity index (χ0v) is 19.1. The Balaban J connectivity index is 0.00000364. The van der Waals surface area contributed by atoms with Crippen molar-refractivity contribution in [2.75, 3.05) is 19.6 Å². The molecule has 150 valence electrons. The van der Waals surface area contributed by atoms with Crippen LogP contribution in [0.1, 0.15) is 31.4 Å². The predicted molar refractivity (Wildman–Crippen MR) is 122 cm³/mol. The van der Waals surface area contributed by atoms with Crippen molar-refractivity contribution in [3.8, 4) is 5.75 Å². The van der Waals surface area contributed by atoms with E-state index in [-0.39, 0.29) is 30.1 Å². The molecule has 1 aromatic carbocycles. The summed E-state index contributed by atoms with van der Waals surface area (Å²) in [6.45, 7) is 8.48. The molecular formula is C20H32IN5O. The third kappa shape index (κ3) is 9.12. The van der Waals surface area contributed by atoms with Crippen molar-refractivity contribution >= 4 is 29.9 Å². The Morgan fingerprint density at radius 2 is 2.15 bits per heavy atom. The van der Waals surface area contributed by atoms with Crippen molar-refractivity contribution in [1.82, 2.24) is 20.4 Å². The highest BCUT2D eigenvalue weighted by Gasteiger charge is 2.05. The van der Waals surface area contributed by atoms with Gasteiger partial charge in [0.2, 0.25) is 0 Å².